The van der Waals surface area contributed by atoms with Gasteiger partial charge in [0.05, 0.1) is 5.69 Å². The Bertz CT molecular complexity index is 1010. The SMILES string of the molecule is Cc1cc2nc(C)c(CCC(=O)NCCc3ccc(C(C)(C)C)cc3)c(C)n2n1. The van der Waals surface area contributed by atoms with Crippen LogP contribution in [0.5, 0.6) is 0 Å². The van der Waals surface area contributed by atoms with E-state index in [0.717, 1.165) is 34.7 Å². The van der Waals surface area contributed by atoms with E-state index in [9.17, 15) is 4.79 Å². The van der Waals surface area contributed by atoms with Gasteiger partial charge in [-0.3, -0.25) is 4.79 Å². The quantitative estimate of drug-likeness (QED) is 0.682. The third-order valence-corrected chi connectivity index (χ3v) is 5.44. The lowest BCUT2D eigenvalue weighted by Gasteiger charge is -2.19. The van der Waals surface area contributed by atoms with E-state index in [4.69, 9.17) is 0 Å². The van der Waals surface area contributed by atoms with Gasteiger partial charge in [-0.2, -0.15) is 5.10 Å². The van der Waals surface area contributed by atoms with Crippen LogP contribution >= 0.6 is 0 Å². The zero-order valence-corrected chi connectivity index (χ0v) is 18.5. The molecule has 0 unspecified atom stereocenters. The van der Waals surface area contributed by atoms with Crippen molar-refractivity contribution in [2.75, 3.05) is 6.54 Å². The van der Waals surface area contributed by atoms with Crippen molar-refractivity contribution < 1.29 is 4.79 Å². The smallest absolute Gasteiger partial charge is 0.220 e. The summed E-state index contributed by atoms with van der Waals surface area (Å²) in [4.78, 5) is 17.0. The molecule has 1 N–H and O–H groups in total. The van der Waals surface area contributed by atoms with Gasteiger partial charge in [0.2, 0.25) is 5.91 Å². The first-order valence-electron chi connectivity index (χ1n) is 10.3. The van der Waals surface area contributed by atoms with Gasteiger partial charge in [-0.05, 0) is 55.7 Å². The average molecular weight is 393 g/mol. The van der Waals surface area contributed by atoms with Gasteiger partial charge in [0.1, 0.15) is 0 Å². The maximum atomic E-state index is 12.3. The van der Waals surface area contributed by atoms with Crippen molar-refractivity contribution >= 4 is 11.6 Å². The summed E-state index contributed by atoms with van der Waals surface area (Å²) in [5, 5.41) is 7.54. The number of benzene rings is 1. The van der Waals surface area contributed by atoms with E-state index < -0.39 is 0 Å². The first-order valence-corrected chi connectivity index (χ1v) is 10.3. The van der Waals surface area contributed by atoms with Crippen LogP contribution in [-0.2, 0) is 23.1 Å². The van der Waals surface area contributed by atoms with E-state index in [-0.39, 0.29) is 11.3 Å². The summed E-state index contributed by atoms with van der Waals surface area (Å²) < 4.78 is 1.87. The van der Waals surface area contributed by atoms with Gasteiger partial charge < -0.3 is 5.32 Å². The van der Waals surface area contributed by atoms with Gasteiger partial charge in [-0.15, -0.1) is 0 Å². The van der Waals surface area contributed by atoms with Crippen LogP contribution in [0.15, 0.2) is 30.3 Å². The van der Waals surface area contributed by atoms with Crippen molar-refractivity contribution in [2.24, 2.45) is 0 Å². The number of amides is 1. The van der Waals surface area contributed by atoms with Crippen LogP contribution in [0.3, 0.4) is 0 Å². The number of carbonyl (C=O) groups excluding carboxylic acids is 1. The molecule has 154 valence electrons. The molecule has 0 aliphatic carbocycles. The Labute approximate surface area is 173 Å². The Morgan fingerprint density at radius 2 is 1.76 bits per heavy atom. The Balaban J connectivity index is 1.52. The minimum atomic E-state index is 0.0758. The van der Waals surface area contributed by atoms with Crippen molar-refractivity contribution in [1.82, 2.24) is 19.9 Å². The molecule has 0 saturated carbocycles. The zero-order chi connectivity index (χ0) is 21.2. The lowest BCUT2D eigenvalue weighted by Crippen LogP contribution is -2.26. The van der Waals surface area contributed by atoms with Crippen LogP contribution in [-0.4, -0.2) is 27.0 Å². The van der Waals surface area contributed by atoms with Gasteiger partial charge in [0, 0.05) is 30.4 Å². The lowest BCUT2D eigenvalue weighted by atomic mass is 9.86. The number of nitrogens with one attached hydrogen (secondary N) is 1. The van der Waals surface area contributed by atoms with Crippen LogP contribution in [0.25, 0.3) is 5.65 Å². The molecule has 2 aromatic heterocycles. The van der Waals surface area contributed by atoms with Gasteiger partial charge in [-0.1, -0.05) is 45.0 Å². The largest absolute Gasteiger partial charge is 0.356 e. The number of rotatable bonds is 6. The second-order valence-electron chi connectivity index (χ2n) is 8.86. The lowest BCUT2D eigenvalue weighted by molar-refractivity contribution is -0.121. The van der Waals surface area contributed by atoms with E-state index >= 15 is 0 Å². The van der Waals surface area contributed by atoms with Crippen molar-refractivity contribution in [3.05, 3.63) is 64.1 Å². The molecule has 0 aliphatic rings. The normalized spacial score (nSPS) is 11.8. The predicted octanol–water partition coefficient (Wildman–Crippen LogP) is 4.24. The molecule has 0 spiro atoms. The topological polar surface area (TPSA) is 59.3 Å². The van der Waals surface area contributed by atoms with Crippen molar-refractivity contribution in [3.8, 4) is 0 Å². The second kappa shape index (κ2) is 8.36. The summed E-state index contributed by atoms with van der Waals surface area (Å²) in [6.07, 6.45) is 1.97. The zero-order valence-electron chi connectivity index (χ0n) is 18.5. The summed E-state index contributed by atoms with van der Waals surface area (Å²) in [5.41, 5.74) is 7.69. The number of hydrogen-bond acceptors (Lipinski definition) is 3. The third-order valence-electron chi connectivity index (χ3n) is 5.44. The molecule has 2 heterocycles. The number of hydrogen-bond donors (Lipinski definition) is 1. The Morgan fingerprint density at radius 3 is 2.41 bits per heavy atom. The van der Waals surface area contributed by atoms with Crippen molar-refractivity contribution in [3.63, 3.8) is 0 Å². The standard InChI is InChI=1S/C24H32N4O/c1-16-15-22-26-17(2)21(18(3)28(22)27-16)11-12-23(29)25-14-13-19-7-9-20(10-8-19)24(4,5)6/h7-10,15H,11-14H2,1-6H3,(H,25,29). The highest BCUT2D eigenvalue weighted by molar-refractivity contribution is 5.76. The highest BCUT2D eigenvalue weighted by atomic mass is 16.1. The minimum absolute atomic E-state index is 0.0758. The molecule has 0 atom stereocenters. The van der Waals surface area contributed by atoms with E-state index in [1.54, 1.807) is 0 Å². The van der Waals surface area contributed by atoms with Crippen LogP contribution < -0.4 is 5.32 Å². The molecule has 3 aromatic rings. The molecule has 1 aromatic carbocycles. The van der Waals surface area contributed by atoms with Crippen molar-refractivity contribution in [1.29, 1.82) is 0 Å². The van der Waals surface area contributed by atoms with E-state index in [1.807, 2.05) is 31.4 Å². The monoisotopic (exact) mass is 392 g/mol. The summed E-state index contributed by atoms with van der Waals surface area (Å²) in [7, 11) is 0. The molecule has 0 aliphatic heterocycles. The molecule has 5 heteroatoms. The number of nitrogens with zero attached hydrogens (tertiary/aromatic N) is 3. The first kappa shape index (κ1) is 21.0. The summed E-state index contributed by atoms with van der Waals surface area (Å²) in [6.45, 7) is 13.3. The fraction of sp³-hybridized carbons (Fsp3) is 0.458. The van der Waals surface area contributed by atoms with E-state index in [1.165, 1.54) is 11.1 Å². The van der Waals surface area contributed by atoms with Gasteiger partial charge >= 0.3 is 0 Å². The van der Waals surface area contributed by atoms with E-state index in [2.05, 4.69) is 60.4 Å². The molecule has 0 bridgehead atoms. The van der Waals surface area contributed by atoms with Crippen molar-refractivity contribution in [2.45, 2.75) is 66.2 Å². The number of carbonyl (C=O) groups is 1. The Morgan fingerprint density at radius 1 is 1.07 bits per heavy atom. The number of aryl methyl sites for hydroxylation is 3. The average Bonchev–Trinajstić information content (AvgIpc) is 3.01. The fourth-order valence-corrected chi connectivity index (χ4v) is 3.65. The fourth-order valence-electron chi connectivity index (χ4n) is 3.65. The number of aromatic nitrogens is 3. The first-order chi connectivity index (χ1) is 13.6. The molecule has 0 saturated heterocycles. The Kier molecular flexibility index (Phi) is 6.06. The summed E-state index contributed by atoms with van der Waals surface area (Å²) in [5.74, 6) is 0.0758. The highest BCUT2D eigenvalue weighted by Gasteiger charge is 2.14. The minimum Gasteiger partial charge on any atom is -0.356 e. The molecule has 3 rings (SSSR count). The third kappa shape index (κ3) is 5.03. The van der Waals surface area contributed by atoms with E-state index in [0.29, 0.717) is 19.4 Å². The van der Waals surface area contributed by atoms with Gasteiger partial charge in [0.15, 0.2) is 5.65 Å². The molecule has 0 radical (unpaired) electrons. The molecular weight excluding hydrogens is 360 g/mol. The molecule has 1 amide bonds. The summed E-state index contributed by atoms with van der Waals surface area (Å²) in [6, 6.07) is 10.7. The number of fused-ring (bicyclic) bond motifs is 1. The van der Waals surface area contributed by atoms with Gasteiger partial charge in [0.25, 0.3) is 0 Å². The Hall–Kier alpha value is -2.69. The second-order valence-corrected chi connectivity index (χ2v) is 8.86. The molecule has 0 fully saturated rings. The highest BCUT2D eigenvalue weighted by Crippen LogP contribution is 2.22. The predicted molar refractivity (Wildman–Crippen MR) is 117 cm³/mol. The van der Waals surface area contributed by atoms with Crippen LogP contribution in [0.2, 0.25) is 0 Å². The molecular formula is C24H32N4O. The van der Waals surface area contributed by atoms with Crippen LogP contribution in [0, 0.1) is 20.8 Å². The molecule has 29 heavy (non-hydrogen) atoms. The van der Waals surface area contributed by atoms with Crippen LogP contribution in [0.1, 0.15) is 61.0 Å². The maximum absolute atomic E-state index is 12.3. The van der Waals surface area contributed by atoms with Gasteiger partial charge in [-0.25, -0.2) is 9.50 Å². The molecule has 5 nitrogen and oxygen atoms in total. The maximum Gasteiger partial charge on any atom is 0.220 e. The summed E-state index contributed by atoms with van der Waals surface area (Å²) >= 11 is 0. The van der Waals surface area contributed by atoms with Crippen LogP contribution in [0.4, 0.5) is 0 Å².